The number of ether oxygens (including phenoxy) is 2. The summed E-state index contributed by atoms with van der Waals surface area (Å²) in [4.78, 5) is 29.7. The standard InChI is InChI=1S/C26H34BFN4O6/c1-26(2,31-7-9-37-10-8-31)13-19(14-29)24(33)32-15-18-12-21(18)22(32)16-38-25(34)30-23(27(35)36)11-17-3-5-20(28)6-4-17/h3-6,13,18,21-23,35-36H,7-12,15-16H2,1-2H3,(H,30,34)/b19-13+/t18-,21-,22-,23-/m0/s1. The van der Waals surface area contributed by atoms with Gasteiger partial charge in [-0.25, -0.2) is 9.18 Å². The first kappa shape index (κ1) is 28.0. The number of carbonyl (C=O) groups excluding carboxylic acids is 2. The van der Waals surface area contributed by atoms with Crippen LogP contribution in [0.2, 0.25) is 0 Å². The highest BCUT2D eigenvalue weighted by atomic mass is 19.1. The van der Waals surface area contributed by atoms with E-state index in [1.807, 2.05) is 13.8 Å². The van der Waals surface area contributed by atoms with Crippen LogP contribution in [0.5, 0.6) is 0 Å². The second kappa shape index (κ2) is 11.8. The molecule has 0 aromatic heterocycles. The third-order valence-corrected chi connectivity index (χ3v) is 7.66. The van der Waals surface area contributed by atoms with E-state index in [-0.39, 0.29) is 36.5 Å². The maximum absolute atomic E-state index is 13.4. The Balaban J connectivity index is 1.36. The number of hydrogen-bond acceptors (Lipinski definition) is 8. The van der Waals surface area contributed by atoms with E-state index in [2.05, 4.69) is 16.3 Å². The second-order valence-corrected chi connectivity index (χ2v) is 10.7. The van der Waals surface area contributed by atoms with Gasteiger partial charge in [0.15, 0.2) is 0 Å². The lowest BCUT2D eigenvalue weighted by atomic mass is 9.76. The number of morpholine rings is 1. The minimum atomic E-state index is -1.86. The monoisotopic (exact) mass is 528 g/mol. The Labute approximate surface area is 222 Å². The van der Waals surface area contributed by atoms with Gasteiger partial charge in [0.2, 0.25) is 0 Å². The van der Waals surface area contributed by atoms with E-state index in [0.29, 0.717) is 44.3 Å². The van der Waals surface area contributed by atoms with Crippen molar-refractivity contribution in [2.45, 2.75) is 44.2 Å². The minimum Gasteiger partial charge on any atom is -0.447 e. The van der Waals surface area contributed by atoms with Gasteiger partial charge in [0.1, 0.15) is 24.1 Å². The average Bonchev–Trinajstić information content (AvgIpc) is 3.58. The number of halogens is 1. The van der Waals surface area contributed by atoms with Crippen LogP contribution in [0.15, 0.2) is 35.9 Å². The number of alkyl carbamates (subject to hydrolysis) is 1. The van der Waals surface area contributed by atoms with Gasteiger partial charge in [-0.2, -0.15) is 5.26 Å². The zero-order valence-electron chi connectivity index (χ0n) is 21.7. The van der Waals surface area contributed by atoms with Gasteiger partial charge in [-0.15, -0.1) is 0 Å². The van der Waals surface area contributed by atoms with Gasteiger partial charge in [0.25, 0.3) is 5.91 Å². The molecule has 1 aromatic carbocycles. The quantitative estimate of drug-likeness (QED) is 0.244. The Morgan fingerprint density at radius 3 is 2.63 bits per heavy atom. The molecular weight excluding hydrogens is 494 g/mol. The van der Waals surface area contributed by atoms with Crippen molar-refractivity contribution in [3.63, 3.8) is 0 Å². The van der Waals surface area contributed by atoms with Crippen LogP contribution in [-0.2, 0) is 20.7 Å². The molecule has 3 fully saturated rings. The van der Waals surface area contributed by atoms with Crippen LogP contribution in [0, 0.1) is 29.0 Å². The van der Waals surface area contributed by atoms with Gasteiger partial charge in [0, 0.05) is 25.2 Å². The van der Waals surface area contributed by atoms with Crippen molar-refractivity contribution in [3.05, 3.63) is 47.3 Å². The number of likely N-dealkylation sites (tertiary alicyclic amines) is 1. The highest BCUT2D eigenvalue weighted by Crippen LogP contribution is 2.50. The Morgan fingerprint density at radius 2 is 2.00 bits per heavy atom. The smallest absolute Gasteiger partial charge is 0.447 e. The molecule has 2 saturated heterocycles. The van der Waals surface area contributed by atoms with Gasteiger partial charge < -0.3 is 29.7 Å². The molecule has 1 saturated carbocycles. The van der Waals surface area contributed by atoms with Crippen molar-refractivity contribution >= 4 is 19.1 Å². The number of carbonyl (C=O) groups is 2. The Bertz CT molecular complexity index is 1090. The molecule has 10 nitrogen and oxygen atoms in total. The molecule has 38 heavy (non-hydrogen) atoms. The molecule has 0 spiro atoms. The third kappa shape index (κ3) is 6.71. The van der Waals surface area contributed by atoms with Crippen LogP contribution in [0.25, 0.3) is 0 Å². The normalized spacial score (nSPS) is 24.3. The summed E-state index contributed by atoms with van der Waals surface area (Å²) in [5.41, 5.74) is 0.151. The number of rotatable bonds is 9. The molecule has 3 N–H and O–H groups in total. The molecule has 4 atom stereocenters. The molecule has 2 amide bonds. The van der Waals surface area contributed by atoms with Crippen LogP contribution in [0.4, 0.5) is 9.18 Å². The topological polar surface area (TPSA) is 135 Å². The fourth-order valence-corrected chi connectivity index (χ4v) is 5.36. The summed E-state index contributed by atoms with van der Waals surface area (Å²) < 4.78 is 24.0. The molecule has 1 aromatic rings. The third-order valence-electron chi connectivity index (χ3n) is 7.66. The zero-order valence-corrected chi connectivity index (χ0v) is 21.7. The molecule has 0 radical (unpaired) electrons. The van der Waals surface area contributed by atoms with Gasteiger partial charge in [-0.1, -0.05) is 12.1 Å². The maximum Gasteiger partial charge on any atom is 0.475 e. The van der Waals surface area contributed by atoms with Crippen molar-refractivity contribution in [2.24, 2.45) is 11.8 Å². The number of hydrogen-bond donors (Lipinski definition) is 3. The highest BCUT2D eigenvalue weighted by molar-refractivity contribution is 6.43. The molecular formula is C26H34BFN4O6. The van der Waals surface area contributed by atoms with E-state index in [4.69, 9.17) is 9.47 Å². The number of nitrogens with zero attached hydrogens (tertiary/aromatic N) is 3. The number of fused-ring (bicyclic) bond motifs is 1. The Hall–Kier alpha value is -2.98. The lowest BCUT2D eigenvalue weighted by molar-refractivity contribution is -0.129. The summed E-state index contributed by atoms with van der Waals surface area (Å²) in [5, 5.41) is 31.7. The van der Waals surface area contributed by atoms with Crippen LogP contribution in [0.1, 0.15) is 25.8 Å². The predicted molar refractivity (Wildman–Crippen MR) is 136 cm³/mol. The second-order valence-electron chi connectivity index (χ2n) is 10.7. The van der Waals surface area contributed by atoms with E-state index >= 15 is 0 Å². The summed E-state index contributed by atoms with van der Waals surface area (Å²) >= 11 is 0. The molecule has 4 rings (SSSR count). The predicted octanol–water partition coefficient (Wildman–Crippen LogP) is 0.883. The number of benzene rings is 1. The van der Waals surface area contributed by atoms with Crippen LogP contribution >= 0.6 is 0 Å². The Morgan fingerprint density at radius 1 is 1.32 bits per heavy atom. The molecule has 204 valence electrons. The molecule has 0 unspecified atom stereocenters. The molecule has 3 aliphatic rings. The van der Waals surface area contributed by atoms with Crippen molar-refractivity contribution in [3.8, 4) is 6.07 Å². The summed E-state index contributed by atoms with van der Waals surface area (Å²) in [5.74, 6) is -1.37. The van der Waals surface area contributed by atoms with Gasteiger partial charge in [0.05, 0.1) is 25.2 Å². The summed E-state index contributed by atoms with van der Waals surface area (Å²) in [6.45, 7) is 6.97. The van der Waals surface area contributed by atoms with E-state index in [1.54, 1.807) is 11.0 Å². The first-order valence-electron chi connectivity index (χ1n) is 12.9. The average molecular weight is 528 g/mol. The highest BCUT2D eigenvalue weighted by Gasteiger charge is 2.54. The number of piperidine rings is 1. The largest absolute Gasteiger partial charge is 0.475 e. The molecule has 12 heteroatoms. The zero-order chi connectivity index (χ0) is 27.4. The fraction of sp³-hybridized carbons (Fsp3) is 0.577. The van der Waals surface area contributed by atoms with Gasteiger partial charge in [-0.3, -0.25) is 9.69 Å². The van der Waals surface area contributed by atoms with Crippen molar-refractivity contribution < 1.29 is 33.5 Å². The summed E-state index contributed by atoms with van der Waals surface area (Å²) in [7, 11) is -1.86. The lowest BCUT2D eigenvalue weighted by Crippen LogP contribution is -2.50. The maximum atomic E-state index is 13.4. The van der Waals surface area contributed by atoms with E-state index < -0.39 is 30.5 Å². The molecule has 1 aliphatic carbocycles. The van der Waals surface area contributed by atoms with Crippen molar-refractivity contribution in [1.29, 1.82) is 5.26 Å². The van der Waals surface area contributed by atoms with E-state index in [1.165, 1.54) is 24.3 Å². The van der Waals surface area contributed by atoms with E-state index in [0.717, 1.165) is 6.42 Å². The van der Waals surface area contributed by atoms with Crippen LogP contribution < -0.4 is 5.32 Å². The van der Waals surface area contributed by atoms with Crippen molar-refractivity contribution in [1.82, 2.24) is 15.1 Å². The van der Waals surface area contributed by atoms with Crippen LogP contribution in [-0.4, -0.2) is 95.9 Å². The lowest BCUT2D eigenvalue weighted by Gasteiger charge is -2.39. The first-order valence-corrected chi connectivity index (χ1v) is 12.9. The number of nitrogens with one attached hydrogen (secondary N) is 1. The van der Waals surface area contributed by atoms with Crippen molar-refractivity contribution in [2.75, 3.05) is 39.5 Å². The molecule has 2 aliphatic heterocycles. The van der Waals surface area contributed by atoms with Gasteiger partial charge >= 0.3 is 13.2 Å². The molecule has 0 bridgehead atoms. The fourth-order valence-electron chi connectivity index (χ4n) is 5.36. The van der Waals surface area contributed by atoms with E-state index in [9.17, 15) is 29.3 Å². The minimum absolute atomic E-state index is 0.0556. The molecule has 2 heterocycles. The number of nitriles is 1. The van der Waals surface area contributed by atoms with Crippen LogP contribution in [0.3, 0.4) is 0 Å². The first-order chi connectivity index (χ1) is 18.1. The summed E-state index contributed by atoms with van der Waals surface area (Å²) in [6.07, 6.45) is 1.83. The number of amides is 2. The van der Waals surface area contributed by atoms with Gasteiger partial charge in [-0.05, 0) is 62.3 Å². The Kier molecular flexibility index (Phi) is 8.73. The SMILES string of the molecule is CC(C)(/C=C(\C#N)C(=O)N1C[C@@H]2C[C@@H]2[C@@H]1COC(=O)N[C@@H](Cc1ccc(F)cc1)B(O)O)N1CCOCC1. The summed E-state index contributed by atoms with van der Waals surface area (Å²) in [6, 6.07) is 7.19.